The predicted molar refractivity (Wildman–Crippen MR) is 64.9 cm³/mol. The van der Waals surface area contributed by atoms with Crippen LogP contribution in [0.3, 0.4) is 0 Å². The molecule has 1 atom stereocenters. The average molecular weight is 257 g/mol. The molecule has 0 bridgehead atoms. The fourth-order valence-electron chi connectivity index (χ4n) is 1.50. The number of carbonyl (C=O) groups is 2. The number of piperidine rings is 1. The first kappa shape index (κ1) is 13.3. The average Bonchev–Trinajstić information content (AvgIpc) is 2.25. The van der Waals surface area contributed by atoms with E-state index in [-0.39, 0.29) is 24.2 Å². The molecule has 6 heteroatoms. The molecule has 1 aromatic carbocycles. The van der Waals surface area contributed by atoms with E-state index in [0.29, 0.717) is 24.3 Å². The van der Waals surface area contributed by atoms with Crippen LogP contribution in [0.4, 0.5) is 5.69 Å². The molecule has 0 saturated carbocycles. The normalized spacial score (nSPS) is 19.2. The van der Waals surface area contributed by atoms with Gasteiger partial charge in [-0.2, -0.15) is 0 Å². The van der Waals surface area contributed by atoms with Gasteiger partial charge in [-0.25, -0.2) is 0 Å². The summed E-state index contributed by atoms with van der Waals surface area (Å²) in [6.07, 6.45) is 0.127. The number of carbonyl (C=O) groups excluding carboxylic acids is 2. The minimum absolute atomic E-state index is 0. The van der Waals surface area contributed by atoms with Crippen LogP contribution in [-0.4, -0.2) is 17.9 Å². The van der Waals surface area contributed by atoms with Crippen LogP contribution in [0, 0.1) is 0 Å². The summed E-state index contributed by atoms with van der Waals surface area (Å²) in [6.45, 7) is 0. The lowest BCUT2D eigenvalue weighted by Crippen LogP contribution is -2.46. The van der Waals surface area contributed by atoms with Crippen molar-refractivity contribution in [3.8, 4) is 5.75 Å². The Kier molecular flexibility index (Phi) is 4.34. The molecular formula is C11H13ClN2O3. The van der Waals surface area contributed by atoms with Gasteiger partial charge < -0.3 is 10.5 Å². The summed E-state index contributed by atoms with van der Waals surface area (Å²) in [4.78, 5) is 22.3. The highest BCUT2D eigenvalue weighted by molar-refractivity contribution is 5.99. The third-order valence-electron chi connectivity index (χ3n) is 2.35. The number of ether oxygens (including phenoxy) is 1. The highest BCUT2D eigenvalue weighted by atomic mass is 35.5. The lowest BCUT2D eigenvalue weighted by molar-refractivity contribution is -0.138. The van der Waals surface area contributed by atoms with Crippen molar-refractivity contribution in [2.24, 2.45) is 0 Å². The maximum absolute atomic E-state index is 11.4. The van der Waals surface area contributed by atoms with E-state index in [4.69, 9.17) is 10.5 Å². The topological polar surface area (TPSA) is 81.4 Å². The zero-order chi connectivity index (χ0) is 11.5. The fraction of sp³-hybridized carbons (Fsp3) is 0.273. The molecule has 1 aromatic rings. The molecule has 1 heterocycles. The van der Waals surface area contributed by atoms with Crippen molar-refractivity contribution in [3.63, 3.8) is 0 Å². The number of imide groups is 1. The van der Waals surface area contributed by atoms with Gasteiger partial charge in [0, 0.05) is 18.5 Å². The summed E-state index contributed by atoms with van der Waals surface area (Å²) in [5, 5.41) is 2.23. The minimum atomic E-state index is -0.596. The Labute approximate surface area is 105 Å². The Morgan fingerprint density at radius 2 is 1.88 bits per heavy atom. The van der Waals surface area contributed by atoms with E-state index in [1.807, 2.05) is 0 Å². The molecule has 1 unspecified atom stereocenters. The summed E-state index contributed by atoms with van der Waals surface area (Å²) in [5.41, 5.74) is 6.16. The number of hydrogen-bond donors (Lipinski definition) is 2. The monoisotopic (exact) mass is 256 g/mol. The number of hydrogen-bond acceptors (Lipinski definition) is 4. The maximum Gasteiger partial charge on any atom is 0.267 e. The Morgan fingerprint density at radius 3 is 2.47 bits per heavy atom. The van der Waals surface area contributed by atoms with E-state index < -0.39 is 6.10 Å². The lowest BCUT2D eigenvalue weighted by Gasteiger charge is -2.21. The second-order valence-electron chi connectivity index (χ2n) is 3.63. The van der Waals surface area contributed by atoms with E-state index in [1.165, 1.54) is 0 Å². The second kappa shape index (κ2) is 5.54. The van der Waals surface area contributed by atoms with Gasteiger partial charge in [0.1, 0.15) is 5.75 Å². The van der Waals surface area contributed by atoms with Crippen LogP contribution in [0.1, 0.15) is 12.8 Å². The van der Waals surface area contributed by atoms with Crippen molar-refractivity contribution < 1.29 is 14.3 Å². The van der Waals surface area contributed by atoms with E-state index in [1.54, 1.807) is 24.3 Å². The summed E-state index contributed by atoms with van der Waals surface area (Å²) in [7, 11) is 0. The van der Waals surface area contributed by atoms with Crippen molar-refractivity contribution in [1.82, 2.24) is 5.32 Å². The Morgan fingerprint density at radius 1 is 1.24 bits per heavy atom. The maximum atomic E-state index is 11.4. The molecule has 3 N–H and O–H groups in total. The third kappa shape index (κ3) is 3.35. The molecule has 1 saturated heterocycles. The summed E-state index contributed by atoms with van der Waals surface area (Å²) < 4.78 is 5.45. The first-order valence-corrected chi connectivity index (χ1v) is 5.01. The number of rotatable bonds is 2. The fourth-order valence-corrected chi connectivity index (χ4v) is 1.50. The zero-order valence-electron chi connectivity index (χ0n) is 9.01. The Hall–Kier alpha value is -1.75. The molecular weight excluding hydrogens is 244 g/mol. The van der Waals surface area contributed by atoms with Crippen LogP contribution in [0.2, 0.25) is 0 Å². The SMILES string of the molecule is Cl.Nc1ccc(OC2CCC(=O)NC2=O)cc1. The van der Waals surface area contributed by atoms with Crippen molar-refractivity contribution in [3.05, 3.63) is 24.3 Å². The molecule has 2 amide bonds. The molecule has 1 fully saturated rings. The molecule has 0 aliphatic carbocycles. The van der Waals surface area contributed by atoms with Crippen LogP contribution >= 0.6 is 12.4 Å². The molecule has 17 heavy (non-hydrogen) atoms. The van der Waals surface area contributed by atoms with Gasteiger partial charge in [-0.3, -0.25) is 14.9 Å². The molecule has 1 aliphatic rings. The second-order valence-corrected chi connectivity index (χ2v) is 3.63. The Balaban J connectivity index is 0.00000144. The van der Waals surface area contributed by atoms with Crippen molar-refractivity contribution in [2.45, 2.75) is 18.9 Å². The number of benzene rings is 1. The molecule has 2 rings (SSSR count). The van der Waals surface area contributed by atoms with E-state index in [2.05, 4.69) is 5.32 Å². The molecule has 0 aromatic heterocycles. The smallest absolute Gasteiger partial charge is 0.267 e. The number of nitrogens with two attached hydrogens (primary N) is 1. The van der Waals surface area contributed by atoms with Gasteiger partial charge in [0.05, 0.1) is 0 Å². The van der Waals surface area contributed by atoms with E-state index >= 15 is 0 Å². The largest absolute Gasteiger partial charge is 0.481 e. The lowest BCUT2D eigenvalue weighted by atomic mass is 10.1. The van der Waals surface area contributed by atoms with E-state index in [0.717, 1.165) is 0 Å². The number of nitrogen functional groups attached to an aromatic ring is 1. The number of anilines is 1. The minimum Gasteiger partial charge on any atom is -0.481 e. The molecule has 92 valence electrons. The number of halogens is 1. The van der Waals surface area contributed by atoms with Gasteiger partial charge in [-0.1, -0.05) is 0 Å². The van der Waals surface area contributed by atoms with Crippen LogP contribution in [0.5, 0.6) is 5.75 Å². The van der Waals surface area contributed by atoms with Gasteiger partial charge in [0.2, 0.25) is 5.91 Å². The van der Waals surface area contributed by atoms with Gasteiger partial charge in [-0.15, -0.1) is 12.4 Å². The summed E-state index contributed by atoms with van der Waals surface area (Å²) in [5.74, 6) is -0.0565. The van der Waals surface area contributed by atoms with Crippen molar-refractivity contribution in [2.75, 3.05) is 5.73 Å². The van der Waals surface area contributed by atoms with Gasteiger partial charge in [0.25, 0.3) is 5.91 Å². The van der Waals surface area contributed by atoms with Gasteiger partial charge in [0.15, 0.2) is 6.10 Å². The first-order valence-electron chi connectivity index (χ1n) is 5.01. The first-order chi connectivity index (χ1) is 7.65. The molecule has 5 nitrogen and oxygen atoms in total. The van der Waals surface area contributed by atoms with Gasteiger partial charge >= 0.3 is 0 Å². The highest BCUT2D eigenvalue weighted by Gasteiger charge is 2.27. The summed E-state index contributed by atoms with van der Waals surface area (Å²) >= 11 is 0. The standard InChI is InChI=1S/C11H12N2O3.ClH/c12-7-1-3-8(4-2-7)16-9-5-6-10(14)13-11(9)15;/h1-4,9H,5-6,12H2,(H,13,14,15);1H. The van der Waals surface area contributed by atoms with Crippen molar-refractivity contribution >= 4 is 29.9 Å². The number of amides is 2. The van der Waals surface area contributed by atoms with Crippen LogP contribution in [0.25, 0.3) is 0 Å². The Bertz CT molecular complexity index is 419. The predicted octanol–water partition coefficient (Wildman–Crippen LogP) is 0.875. The molecule has 0 radical (unpaired) electrons. The van der Waals surface area contributed by atoms with Crippen LogP contribution in [-0.2, 0) is 9.59 Å². The number of nitrogens with one attached hydrogen (secondary N) is 1. The summed E-state index contributed by atoms with van der Waals surface area (Å²) in [6, 6.07) is 6.78. The molecule has 1 aliphatic heterocycles. The zero-order valence-corrected chi connectivity index (χ0v) is 9.83. The van der Waals surface area contributed by atoms with Gasteiger partial charge in [-0.05, 0) is 24.3 Å². The van der Waals surface area contributed by atoms with Crippen LogP contribution < -0.4 is 15.8 Å². The van der Waals surface area contributed by atoms with E-state index in [9.17, 15) is 9.59 Å². The van der Waals surface area contributed by atoms with Crippen molar-refractivity contribution in [1.29, 1.82) is 0 Å². The highest BCUT2D eigenvalue weighted by Crippen LogP contribution is 2.17. The quantitative estimate of drug-likeness (QED) is 0.608. The van der Waals surface area contributed by atoms with Crippen LogP contribution in [0.15, 0.2) is 24.3 Å². The third-order valence-corrected chi connectivity index (χ3v) is 2.35. The molecule has 0 spiro atoms.